The average Bonchev–Trinajstić information content (AvgIpc) is 3.10. The van der Waals surface area contributed by atoms with Crippen LogP contribution in [0.25, 0.3) is 16.4 Å². The van der Waals surface area contributed by atoms with Crippen LogP contribution in [0.3, 0.4) is 0 Å². The van der Waals surface area contributed by atoms with Crippen molar-refractivity contribution in [2.45, 2.75) is 19.9 Å². The van der Waals surface area contributed by atoms with Gasteiger partial charge in [-0.3, -0.25) is 19.2 Å². The number of aromatic nitrogens is 5. The Morgan fingerprint density at radius 1 is 1.09 bits per heavy atom. The second-order valence-corrected chi connectivity index (χ2v) is 8.20. The number of hydrogen-bond donors (Lipinski definition) is 2. The normalized spacial score (nSPS) is 11.2. The molecule has 3 N–H and O–H groups in total. The van der Waals surface area contributed by atoms with E-state index in [2.05, 4.69) is 25.3 Å². The molecule has 9 heteroatoms. The molecule has 33 heavy (non-hydrogen) atoms. The Hall–Kier alpha value is -4.04. The van der Waals surface area contributed by atoms with Gasteiger partial charge in [0.2, 0.25) is 5.95 Å². The fourth-order valence-electron chi connectivity index (χ4n) is 3.76. The smallest absolute Gasteiger partial charge is 0.251 e. The number of amides is 1. The van der Waals surface area contributed by atoms with Crippen LogP contribution in [0.15, 0.2) is 61.2 Å². The van der Waals surface area contributed by atoms with E-state index in [1.54, 1.807) is 35.3 Å². The maximum atomic E-state index is 12.7. The molecule has 164 valence electrons. The van der Waals surface area contributed by atoms with Gasteiger partial charge in [-0.2, -0.15) is 0 Å². The number of nitrogens with one attached hydrogen (secondary N) is 1. The maximum absolute atomic E-state index is 12.7. The average molecular weight is 458 g/mol. The first kappa shape index (κ1) is 20.8. The number of nitrogens with zero attached hydrogens (tertiary/aromatic N) is 5. The first-order valence-electron chi connectivity index (χ1n) is 10.3. The van der Waals surface area contributed by atoms with Gasteiger partial charge in [-0.25, -0.2) is 9.97 Å². The van der Waals surface area contributed by atoms with E-state index in [9.17, 15) is 4.79 Å². The molecule has 4 heterocycles. The molecule has 0 bridgehead atoms. The third kappa shape index (κ3) is 4.33. The molecule has 0 radical (unpaired) electrons. The number of rotatable bonds is 5. The number of benzene rings is 1. The van der Waals surface area contributed by atoms with Crippen molar-refractivity contribution < 1.29 is 4.79 Å². The summed E-state index contributed by atoms with van der Waals surface area (Å²) in [5, 5.41) is 4.48. The summed E-state index contributed by atoms with van der Waals surface area (Å²) in [4.78, 5) is 30.1. The van der Waals surface area contributed by atoms with Crippen LogP contribution >= 0.6 is 11.6 Å². The third-order valence-corrected chi connectivity index (χ3v) is 5.61. The largest absolute Gasteiger partial charge is 0.369 e. The molecule has 0 unspecified atom stereocenters. The highest BCUT2D eigenvalue weighted by atomic mass is 35.5. The Morgan fingerprint density at radius 2 is 1.97 bits per heavy atom. The molecule has 1 amide bonds. The zero-order chi connectivity index (χ0) is 22.9. The number of hydrogen-bond acceptors (Lipinski definition) is 6. The van der Waals surface area contributed by atoms with Crippen molar-refractivity contribution in [3.63, 3.8) is 0 Å². The summed E-state index contributed by atoms with van der Waals surface area (Å²) in [7, 11) is 0. The van der Waals surface area contributed by atoms with Crippen molar-refractivity contribution in [3.05, 3.63) is 94.4 Å². The first-order valence-corrected chi connectivity index (χ1v) is 10.7. The summed E-state index contributed by atoms with van der Waals surface area (Å²) in [6.45, 7) is 2.17. The molecule has 0 saturated heterocycles. The number of halogens is 1. The molecule has 5 aromatic rings. The van der Waals surface area contributed by atoms with Gasteiger partial charge in [0.1, 0.15) is 6.33 Å². The molecule has 0 spiro atoms. The quantitative estimate of drug-likeness (QED) is 0.416. The van der Waals surface area contributed by atoms with Crippen LogP contribution in [0.1, 0.15) is 33.0 Å². The molecule has 0 aliphatic heterocycles. The van der Waals surface area contributed by atoms with E-state index >= 15 is 0 Å². The highest BCUT2D eigenvalue weighted by molar-refractivity contribution is 6.31. The van der Waals surface area contributed by atoms with Gasteiger partial charge in [0, 0.05) is 35.5 Å². The Kier molecular flexibility index (Phi) is 5.35. The summed E-state index contributed by atoms with van der Waals surface area (Å²) in [6, 6.07) is 13.3. The van der Waals surface area contributed by atoms with Gasteiger partial charge in [0.05, 0.1) is 34.0 Å². The van der Waals surface area contributed by atoms with Crippen LogP contribution in [0.5, 0.6) is 0 Å². The molecule has 0 atom stereocenters. The van der Waals surface area contributed by atoms with E-state index in [0.717, 1.165) is 39.1 Å². The van der Waals surface area contributed by atoms with Gasteiger partial charge < -0.3 is 11.1 Å². The molecule has 0 fully saturated rings. The van der Waals surface area contributed by atoms with Crippen molar-refractivity contribution in [1.29, 1.82) is 0 Å². The second-order valence-electron chi connectivity index (χ2n) is 7.77. The number of nitrogen functional groups attached to an aromatic ring is 1. The topological polar surface area (TPSA) is 111 Å². The van der Waals surface area contributed by atoms with E-state index in [1.807, 2.05) is 37.3 Å². The van der Waals surface area contributed by atoms with Gasteiger partial charge in [0.25, 0.3) is 5.91 Å². The third-order valence-electron chi connectivity index (χ3n) is 5.41. The van der Waals surface area contributed by atoms with Crippen LogP contribution in [0.4, 0.5) is 5.95 Å². The van der Waals surface area contributed by atoms with Gasteiger partial charge >= 0.3 is 0 Å². The minimum atomic E-state index is -0.195. The van der Waals surface area contributed by atoms with E-state index in [4.69, 9.17) is 17.3 Å². The zero-order valence-corrected chi connectivity index (χ0v) is 18.5. The lowest BCUT2D eigenvalue weighted by atomic mass is 10.0. The number of carbonyl (C=O) groups is 1. The Bertz CT molecular complexity index is 1510. The Balaban J connectivity index is 1.29. The summed E-state index contributed by atoms with van der Waals surface area (Å²) >= 11 is 6.06. The van der Waals surface area contributed by atoms with Crippen molar-refractivity contribution in [2.24, 2.45) is 0 Å². The number of nitrogens with two attached hydrogens (primary N) is 1. The minimum Gasteiger partial charge on any atom is -0.369 e. The number of anilines is 1. The molecule has 0 saturated carbocycles. The summed E-state index contributed by atoms with van der Waals surface area (Å²) in [5.74, 6) is 0.195. The van der Waals surface area contributed by atoms with Gasteiger partial charge in [-0.15, -0.1) is 0 Å². The monoisotopic (exact) mass is 457 g/mol. The van der Waals surface area contributed by atoms with Crippen molar-refractivity contribution in [1.82, 2.24) is 29.7 Å². The fraction of sp³-hybridized carbons (Fsp3) is 0.125. The van der Waals surface area contributed by atoms with E-state index in [0.29, 0.717) is 23.0 Å². The lowest BCUT2D eigenvalue weighted by molar-refractivity contribution is 0.0950. The molecular weight excluding hydrogens is 438 g/mol. The summed E-state index contributed by atoms with van der Waals surface area (Å²) < 4.78 is 1.71. The van der Waals surface area contributed by atoms with E-state index in [-0.39, 0.29) is 12.5 Å². The molecule has 0 aliphatic rings. The first-order chi connectivity index (χ1) is 16.0. The van der Waals surface area contributed by atoms with Crippen LogP contribution in [0, 0.1) is 6.92 Å². The number of fused-ring (bicyclic) bond motifs is 2. The maximum Gasteiger partial charge on any atom is 0.251 e. The van der Waals surface area contributed by atoms with E-state index < -0.39 is 0 Å². The number of pyridine rings is 2. The van der Waals surface area contributed by atoms with Crippen LogP contribution < -0.4 is 11.1 Å². The second kappa shape index (κ2) is 8.48. The highest BCUT2D eigenvalue weighted by Gasteiger charge is 2.10. The number of imidazole rings is 1. The standard InChI is InChI=1S/C24H20ClN7O/c1-14-22-10-20(30-13-32(22)24(26)31-14)12-29-23(33)16-4-5-27-19(9-16)7-15-2-3-21-17(6-15)8-18(25)11-28-21/h2-6,8-11,13H,7,12H2,1H3,(H2,26,31)(H,29,33). The molecular formula is C24H20ClN7O. The minimum absolute atomic E-state index is 0.195. The van der Waals surface area contributed by atoms with Crippen molar-refractivity contribution in [3.8, 4) is 0 Å². The summed E-state index contributed by atoms with van der Waals surface area (Å²) in [6.07, 6.45) is 5.48. The molecule has 0 aliphatic carbocycles. The predicted octanol–water partition coefficient (Wildman–Crippen LogP) is 3.74. The van der Waals surface area contributed by atoms with Gasteiger partial charge in [0.15, 0.2) is 0 Å². The SMILES string of the molecule is Cc1nc(N)n2cnc(CNC(=O)c3ccnc(Cc4ccc5ncc(Cl)cc5c4)c3)cc12. The van der Waals surface area contributed by atoms with Gasteiger partial charge in [-0.05, 0) is 48.9 Å². The lowest BCUT2D eigenvalue weighted by Gasteiger charge is -2.08. The van der Waals surface area contributed by atoms with Crippen LogP contribution in [0.2, 0.25) is 5.02 Å². The summed E-state index contributed by atoms with van der Waals surface area (Å²) in [5.41, 5.74) is 11.5. The van der Waals surface area contributed by atoms with Crippen LogP contribution in [-0.2, 0) is 13.0 Å². The van der Waals surface area contributed by atoms with Crippen molar-refractivity contribution in [2.75, 3.05) is 5.73 Å². The Labute approximate surface area is 194 Å². The van der Waals surface area contributed by atoms with Gasteiger partial charge in [-0.1, -0.05) is 17.7 Å². The molecule has 5 rings (SSSR count). The van der Waals surface area contributed by atoms with Crippen molar-refractivity contribution >= 4 is 39.9 Å². The molecule has 4 aromatic heterocycles. The highest BCUT2D eigenvalue weighted by Crippen LogP contribution is 2.20. The van der Waals surface area contributed by atoms with E-state index in [1.165, 1.54) is 0 Å². The number of carbonyl (C=O) groups excluding carboxylic acids is 1. The number of aryl methyl sites for hydroxylation is 1. The fourth-order valence-corrected chi connectivity index (χ4v) is 3.93. The lowest BCUT2D eigenvalue weighted by Crippen LogP contribution is -2.23. The predicted molar refractivity (Wildman–Crippen MR) is 127 cm³/mol. The zero-order valence-electron chi connectivity index (χ0n) is 17.8. The molecule has 1 aromatic carbocycles. The van der Waals surface area contributed by atoms with Crippen LogP contribution in [-0.4, -0.2) is 30.2 Å². The molecule has 8 nitrogen and oxygen atoms in total. The Morgan fingerprint density at radius 3 is 2.85 bits per heavy atom.